The highest BCUT2D eigenvalue weighted by molar-refractivity contribution is 7.98. The quantitative estimate of drug-likeness (QED) is 0.317. The number of hydrogen-bond donors (Lipinski definition) is 5. The Balaban J connectivity index is 2.60. The normalized spacial score (nSPS) is 12.6. The van der Waals surface area contributed by atoms with E-state index in [-0.39, 0.29) is 24.4 Å². The van der Waals surface area contributed by atoms with Crippen LogP contribution in [0.1, 0.15) is 18.4 Å². The molecule has 154 valence electrons. The van der Waals surface area contributed by atoms with Crippen LogP contribution in [0.2, 0.25) is 0 Å². The first-order valence-electron chi connectivity index (χ1n) is 8.28. The summed E-state index contributed by atoms with van der Waals surface area (Å²) in [6.07, 6.45) is -0.299. The fourth-order valence-electron chi connectivity index (χ4n) is 2.02. The molecule has 0 saturated heterocycles. The van der Waals surface area contributed by atoms with Crippen molar-refractivity contribution in [3.8, 4) is 0 Å². The lowest BCUT2D eigenvalue weighted by atomic mass is 10.1. The van der Waals surface area contributed by atoms with Crippen LogP contribution in [0, 0.1) is 5.82 Å². The lowest BCUT2D eigenvalue weighted by Gasteiger charge is -2.18. The second-order valence-corrected chi connectivity index (χ2v) is 6.89. The van der Waals surface area contributed by atoms with Crippen LogP contribution in [-0.2, 0) is 24.9 Å². The molecule has 0 heterocycles. The number of carboxylic acids is 2. The highest BCUT2D eigenvalue weighted by Gasteiger charge is 2.22. The molecule has 0 radical (unpaired) electrons. The Hall–Kier alpha value is -2.66. The number of halogens is 1. The third-order valence-electron chi connectivity index (χ3n) is 3.53. The molecule has 1 rings (SSSR count). The molecule has 2 atom stereocenters. The van der Waals surface area contributed by atoms with Gasteiger partial charge in [-0.3, -0.25) is 19.2 Å². The molecular weight excluding hydrogens is 393 g/mol. The van der Waals surface area contributed by atoms with Gasteiger partial charge in [0.05, 0.1) is 0 Å². The highest BCUT2D eigenvalue weighted by Crippen LogP contribution is 2.14. The van der Waals surface area contributed by atoms with Gasteiger partial charge in [0.2, 0.25) is 11.8 Å². The maximum Gasteiger partial charge on any atom is 0.322 e. The van der Waals surface area contributed by atoms with Crippen LogP contribution in [-0.4, -0.2) is 58.3 Å². The summed E-state index contributed by atoms with van der Waals surface area (Å²) >= 11 is 1.29. The van der Waals surface area contributed by atoms with E-state index in [0.29, 0.717) is 5.75 Å². The molecule has 0 spiro atoms. The fourth-order valence-corrected chi connectivity index (χ4v) is 3.04. The van der Waals surface area contributed by atoms with Crippen molar-refractivity contribution in [3.05, 3.63) is 35.6 Å². The summed E-state index contributed by atoms with van der Waals surface area (Å²) in [5, 5.41) is 22.0. The number of hydrogen-bond acceptors (Lipinski definition) is 6. The van der Waals surface area contributed by atoms with Crippen molar-refractivity contribution in [2.75, 3.05) is 12.3 Å². The molecular formula is C17H22FN3O6S. The molecule has 2 amide bonds. The number of rotatable bonds is 12. The van der Waals surface area contributed by atoms with Gasteiger partial charge in [0, 0.05) is 17.9 Å². The van der Waals surface area contributed by atoms with E-state index in [0.717, 1.165) is 5.56 Å². The number of carbonyl (C=O) groups is 4. The molecule has 0 aromatic heterocycles. The molecule has 9 nitrogen and oxygen atoms in total. The average Bonchev–Trinajstić information content (AvgIpc) is 2.64. The second kappa shape index (κ2) is 11.9. The first-order valence-corrected chi connectivity index (χ1v) is 9.44. The van der Waals surface area contributed by atoms with Crippen molar-refractivity contribution in [2.45, 2.75) is 30.7 Å². The standard InChI is InChI=1S/C17H22FN3O6S/c18-11-3-1-10(2-4-11)8-28-9-13(16(25)20-7-15(23)24)21-14(22)6-5-12(19)17(26)27/h1-4,12-13H,5-9,19H2,(H,20,25)(H,21,22)(H,23,24)(H,26,27)/t12-,13+/m1/s1. The summed E-state index contributed by atoms with van der Waals surface area (Å²) in [5.41, 5.74) is 6.15. The van der Waals surface area contributed by atoms with Gasteiger partial charge >= 0.3 is 11.9 Å². The van der Waals surface area contributed by atoms with Crippen LogP contribution < -0.4 is 16.4 Å². The first-order chi connectivity index (χ1) is 13.2. The molecule has 6 N–H and O–H groups in total. The number of benzene rings is 1. The molecule has 11 heteroatoms. The molecule has 1 aromatic carbocycles. The number of nitrogens with one attached hydrogen (secondary N) is 2. The van der Waals surface area contributed by atoms with Gasteiger partial charge in [0.25, 0.3) is 0 Å². The molecule has 1 aromatic rings. The molecule has 0 saturated carbocycles. The summed E-state index contributed by atoms with van der Waals surface area (Å²) in [5.74, 6) is -3.50. The zero-order valence-electron chi connectivity index (χ0n) is 14.9. The van der Waals surface area contributed by atoms with E-state index < -0.39 is 42.4 Å². The second-order valence-electron chi connectivity index (χ2n) is 5.86. The van der Waals surface area contributed by atoms with Crippen molar-refractivity contribution < 1.29 is 33.8 Å². The Bertz CT molecular complexity index is 701. The van der Waals surface area contributed by atoms with Gasteiger partial charge in [0.1, 0.15) is 24.4 Å². The predicted octanol–water partition coefficient (Wildman–Crippen LogP) is -0.0634. The molecule has 0 aliphatic carbocycles. The van der Waals surface area contributed by atoms with Crippen molar-refractivity contribution >= 4 is 35.5 Å². The Labute approximate surface area is 164 Å². The Morgan fingerprint density at radius 3 is 2.36 bits per heavy atom. The Morgan fingerprint density at radius 2 is 1.79 bits per heavy atom. The fraction of sp³-hybridized carbons (Fsp3) is 0.412. The predicted molar refractivity (Wildman–Crippen MR) is 100.0 cm³/mol. The summed E-state index contributed by atoms with van der Waals surface area (Å²) in [7, 11) is 0. The maximum atomic E-state index is 12.9. The minimum absolute atomic E-state index is 0.104. The molecule has 0 aliphatic heterocycles. The summed E-state index contributed by atoms with van der Waals surface area (Å²) in [6, 6.07) is 3.58. The third kappa shape index (κ3) is 9.33. The highest BCUT2D eigenvalue weighted by atomic mass is 32.2. The third-order valence-corrected chi connectivity index (χ3v) is 4.64. The van der Waals surface area contributed by atoms with E-state index in [2.05, 4.69) is 10.6 Å². The average molecular weight is 415 g/mol. The zero-order chi connectivity index (χ0) is 21.1. The SMILES string of the molecule is N[C@H](CCC(=O)N[C@@H](CSCc1ccc(F)cc1)C(=O)NCC(=O)O)C(=O)O. The van der Waals surface area contributed by atoms with Crippen LogP contribution in [0.4, 0.5) is 4.39 Å². The Morgan fingerprint density at radius 1 is 1.14 bits per heavy atom. The molecule has 28 heavy (non-hydrogen) atoms. The van der Waals surface area contributed by atoms with Crippen LogP contribution in [0.15, 0.2) is 24.3 Å². The molecule has 0 bridgehead atoms. The van der Waals surface area contributed by atoms with Gasteiger partial charge in [-0.2, -0.15) is 11.8 Å². The minimum atomic E-state index is -1.24. The van der Waals surface area contributed by atoms with Gasteiger partial charge in [-0.05, 0) is 24.1 Å². The number of carboxylic acid groups (broad SMARTS) is 2. The number of nitrogens with two attached hydrogens (primary N) is 1. The van der Waals surface area contributed by atoms with Crippen LogP contribution in [0.5, 0.6) is 0 Å². The van der Waals surface area contributed by atoms with E-state index >= 15 is 0 Å². The number of thioether (sulfide) groups is 1. The van der Waals surface area contributed by atoms with Gasteiger partial charge in [0.15, 0.2) is 0 Å². The number of aliphatic carboxylic acids is 2. The summed E-state index contributed by atoms with van der Waals surface area (Å²) < 4.78 is 12.9. The van der Waals surface area contributed by atoms with E-state index in [4.69, 9.17) is 15.9 Å². The van der Waals surface area contributed by atoms with Crippen LogP contribution >= 0.6 is 11.8 Å². The van der Waals surface area contributed by atoms with E-state index in [1.165, 1.54) is 23.9 Å². The van der Waals surface area contributed by atoms with Gasteiger partial charge < -0.3 is 26.6 Å². The minimum Gasteiger partial charge on any atom is -0.480 e. The van der Waals surface area contributed by atoms with Gasteiger partial charge in [-0.25, -0.2) is 4.39 Å². The lowest BCUT2D eigenvalue weighted by Crippen LogP contribution is -2.49. The Kier molecular flexibility index (Phi) is 9.96. The van der Waals surface area contributed by atoms with Gasteiger partial charge in [-0.15, -0.1) is 0 Å². The first kappa shape index (κ1) is 23.4. The van der Waals surface area contributed by atoms with Crippen molar-refractivity contribution in [2.24, 2.45) is 5.73 Å². The number of carbonyl (C=O) groups excluding carboxylic acids is 2. The van der Waals surface area contributed by atoms with E-state index in [1.807, 2.05) is 0 Å². The van der Waals surface area contributed by atoms with Crippen molar-refractivity contribution in [3.63, 3.8) is 0 Å². The van der Waals surface area contributed by atoms with Gasteiger partial charge in [-0.1, -0.05) is 12.1 Å². The van der Waals surface area contributed by atoms with Crippen molar-refractivity contribution in [1.82, 2.24) is 10.6 Å². The molecule has 0 aliphatic rings. The van der Waals surface area contributed by atoms with E-state index in [9.17, 15) is 23.6 Å². The molecule has 0 fully saturated rings. The largest absolute Gasteiger partial charge is 0.480 e. The zero-order valence-corrected chi connectivity index (χ0v) is 15.7. The summed E-state index contributed by atoms with van der Waals surface area (Å²) in [6.45, 7) is -0.599. The van der Waals surface area contributed by atoms with Crippen LogP contribution in [0.3, 0.4) is 0 Å². The van der Waals surface area contributed by atoms with E-state index in [1.54, 1.807) is 12.1 Å². The summed E-state index contributed by atoms with van der Waals surface area (Å²) in [4.78, 5) is 45.4. The maximum absolute atomic E-state index is 12.9. The number of amides is 2. The monoisotopic (exact) mass is 415 g/mol. The topological polar surface area (TPSA) is 159 Å². The molecule has 0 unspecified atom stereocenters. The van der Waals surface area contributed by atoms with Crippen LogP contribution in [0.25, 0.3) is 0 Å². The lowest BCUT2D eigenvalue weighted by molar-refractivity contribution is -0.139. The van der Waals surface area contributed by atoms with Crippen molar-refractivity contribution in [1.29, 1.82) is 0 Å². The smallest absolute Gasteiger partial charge is 0.322 e.